The number of carbonyl (C=O) groups is 1. The van der Waals surface area contributed by atoms with E-state index in [0.717, 1.165) is 25.5 Å². The van der Waals surface area contributed by atoms with E-state index in [4.69, 9.17) is 20.0 Å². The summed E-state index contributed by atoms with van der Waals surface area (Å²) in [7, 11) is -3.51. The third-order valence-electron chi connectivity index (χ3n) is 0.960. The molecule has 7 nitrogen and oxygen atoms in total. The molecule has 0 spiro atoms. The Morgan fingerprint density at radius 1 is 1.33 bits per heavy atom. The molecule has 0 rings (SSSR count). The van der Waals surface area contributed by atoms with Crippen LogP contribution in [0.15, 0.2) is 24.0 Å². The van der Waals surface area contributed by atoms with Crippen molar-refractivity contribution in [2.45, 2.75) is 6.92 Å². The first-order valence-electron chi connectivity index (χ1n) is 3.58. The van der Waals surface area contributed by atoms with Crippen LogP contribution in [0.25, 0.3) is 0 Å². The van der Waals surface area contributed by atoms with E-state index < -0.39 is 13.8 Å². The molecule has 0 radical (unpaired) electrons. The molecule has 0 unspecified atom stereocenters. The molecule has 15 heavy (non-hydrogen) atoms. The van der Waals surface area contributed by atoms with Crippen molar-refractivity contribution in [3.8, 4) is 0 Å². The Morgan fingerprint density at radius 2 is 1.80 bits per heavy atom. The molecule has 88 valence electrons. The van der Waals surface area contributed by atoms with E-state index in [0.29, 0.717) is 0 Å². The van der Waals surface area contributed by atoms with Gasteiger partial charge in [0.05, 0.1) is 6.26 Å². The summed E-state index contributed by atoms with van der Waals surface area (Å²) in [6.45, 7) is 1.34. The minimum Gasteiger partial charge on any atom is -0.478 e. The van der Waals surface area contributed by atoms with Gasteiger partial charge < -0.3 is 14.7 Å². The van der Waals surface area contributed by atoms with Crippen LogP contribution in [0.2, 0.25) is 0 Å². The van der Waals surface area contributed by atoms with E-state index in [2.05, 4.69) is 4.52 Å². The number of aliphatic hydroxyl groups is 1. The summed E-state index contributed by atoms with van der Waals surface area (Å²) in [5.41, 5.74) is 0.0329. The van der Waals surface area contributed by atoms with Gasteiger partial charge in [0, 0.05) is 12.7 Å². The van der Waals surface area contributed by atoms with Gasteiger partial charge >= 0.3 is 13.8 Å². The van der Waals surface area contributed by atoms with Crippen molar-refractivity contribution in [1.29, 1.82) is 0 Å². The molecule has 0 fully saturated rings. The lowest BCUT2D eigenvalue weighted by Gasteiger charge is -1.98. The molecule has 0 heterocycles. The quantitative estimate of drug-likeness (QED) is 0.240. The zero-order valence-electron chi connectivity index (χ0n) is 8.19. The lowest BCUT2D eigenvalue weighted by atomic mass is 10.3. The maximum atomic E-state index is 10.2. The third-order valence-corrected chi connectivity index (χ3v) is 1.36. The molecule has 0 saturated heterocycles. The predicted molar refractivity (Wildman–Crippen MR) is 51.8 cm³/mol. The minimum atomic E-state index is -4.51. The number of aliphatic hydroxyl groups excluding tert-OH is 1. The number of carboxylic acids is 1. The number of phosphoric ester groups is 1. The highest BCUT2D eigenvalue weighted by Crippen LogP contribution is 2.35. The van der Waals surface area contributed by atoms with E-state index in [1.165, 1.54) is 6.92 Å². The highest BCUT2D eigenvalue weighted by Gasteiger charge is 2.10. The van der Waals surface area contributed by atoms with Crippen molar-refractivity contribution in [2.24, 2.45) is 0 Å². The summed E-state index contributed by atoms with van der Waals surface area (Å²) >= 11 is 0. The first kappa shape index (κ1) is 16.3. The Kier molecular flexibility index (Phi) is 8.90. The fourth-order valence-corrected chi connectivity index (χ4v) is 0.598. The van der Waals surface area contributed by atoms with Gasteiger partial charge in [0.2, 0.25) is 0 Å². The highest BCUT2D eigenvalue weighted by molar-refractivity contribution is 7.46. The SMILES string of the molecule is CC(=CC=COP(=O)(O)O)C(=O)O.CO. The molecule has 0 amide bonds. The van der Waals surface area contributed by atoms with Crippen LogP contribution >= 0.6 is 7.82 Å². The molecule has 4 N–H and O–H groups in total. The first-order chi connectivity index (χ1) is 6.83. The van der Waals surface area contributed by atoms with Crippen molar-refractivity contribution >= 4 is 13.8 Å². The van der Waals surface area contributed by atoms with Crippen molar-refractivity contribution < 1.29 is 33.9 Å². The number of hydrogen-bond acceptors (Lipinski definition) is 4. The normalized spacial score (nSPS) is 11.9. The van der Waals surface area contributed by atoms with E-state index in [1.54, 1.807) is 0 Å². The van der Waals surface area contributed by atoms with Crippen molar-refractivity contribution in [2.75, 3.05) is 7.11 Å². The van der Waals surface area contributed by atoms with Gasteiger partial charge in [-0.2, -0.15) is 0 Å². The molecule has 0 aromatic rings. The van der Waals surface area contributed by atoms with Crippen LogP contribution in [-0.2, 0) is 13.9 Å². The molecule has 0 aliphatic carbocycles. The van der Waals surface area contributed by atoms with Gasteiger partial charge in [0.1, 0.15) is 0 Å². The van der Waals surface area contributed by atoms with Crippen LogP contribution in [0.3, 0.4) is 0 Å². The smallest absolute Gasteiger partial charge is 0.478 e. The molecule has 0 saturated carbocycles. The Morgan fingerprint density at radius 3 is 2.13 bits per heavy atom. The van der Waals surface area contributed by atoms with Gasteiger partial charge in [-0.15, -0.1) is 0 Å². The fourth-order valence-electron chi connectivity index (χ4n) is 0.369. The Labute approximate surface area is 86.6 Å². The maximum absolute atomic E-state index is 10.2. The summed E-state index contributed by atoms with van der Waals surface area (Å²) in [5, 5.41) is 15.3. The summed E-state index contributed by atoms with van der Waals surface area (Å²) in [6, 6.07) is 0. The average Bonchev–Trinajstić information content (AvgIpc) is 2.13. The molecule has 0 aromatic carbocycles. The molecular formula is C7H13O7P. The van der Waals surface area contributed by atoms with Gasteiger partial charge in [0.15, 0.2) is 0 Å². The molecule has 0 aliphatic heterocycles. The van der Waals surface area contributed by atoms with E-state index in [-0.39, 0.29) is 5.57 Å². The summed E-state index contributed by atoms with van der Waals surface area (Å²) in [6.07, 6.45) is 2.97. The lowest BCUT2D eigenvalue weighted by molar-refractivity contribution is -0.132. The fraction of sp³-hybridized carbons (Fsp3) is 0.286. The van der Waals surface area contributed by atoms with Gasteiger partial charge in [-0.25, -0.2) is 9.36 Å². The molecule has 0 atom stereocenters. The van der Waals surface area contributed by atoms with Crippen LogP contribution < -0.4 is 0 Å². The highest BCUT2D eigenvalue weighted by atomic mass is 31.2. The summed E-state index contributed by atoms with van der Waals surface area (Å²) < 4.78 is 14.0. The van der Waals surface area contributed by atoms with Crippen molar-refractivity contribution in [3.05, 3.63) is 24.0 Å². The summed E-state index contributed by atoms with van der Waals surface area (Å²) in [4.78, 5) is 26.6. The van der Waals surface area contributed by atoms with Crippen molar-refractivity contribution in [1.82, 2.24) is 0 Å². The minimum absolute atomic E-state index is 0.0329. The Balaban J connectivity index is 0. The first-order valence-corrected chi connectivity index (χ1v) is 5.11. The number of rotatable bonds is 4. The zero-order chi connectivity index (χ0) is 12.5. The molecule has 0 aromatic heterocycles. The van der Waals surface area contributed by atoms with Crippen molar-refractivity contribution in [3.63, 3.8) is 0 Å². The number of hydrogen-bond donors (Lipinski definition) is 4. The van der Waals surface area contributed by atoms with Gasteiger partial charge in [-0.3, -0.25) is 9.79 Å². The van der Waals surface area contributed by atoms with E-state index in [9.17, 15) is 9.36 Å². The summed E-state index contributed by atoms with van der Waals surface area (Å²) in [5.74, 6) is -1.11. The second-order valence-corrected chi connectivity index (χ2v) is 3.27. The van der Waals surface area contributed by atoms with Crippen LogP contribution in [0.1, 0.15) is 6.92 Å². The van der Waals surface area contributed by atoms with Gasteiger partial charge in [-0.05, 0) is 19.1 Å². The van der Waals surface area contributed by atoms with E-state index in [1.807, 2.05) is 0 Å². The van der Waals surface area contributed by atoms with Crippen LogP contribution in [0.4, 0.5) is 0 Å². The maximum Gasteiger partial charge on any atom is 0.524 e. The average molecular weight is 240 g/mol. The van der Waals surface area contributed by atoms with Crippen LogP contribution in [-0.4, -0.2) is 33.1 Å². The van der Waals surface area contributed by atoms with Gasteiger partial charge in [0.25, 0.3) is 0 Å². The lowest BCUT2D eigenvalue weighted by Crippen LogP contribution is -1.94. The third kappa shape index (κ3) is 12.9. The molecule has 0 aliphatic rings. The standard InChI is InChI=1S/C6H9O6P.CH4O/c1-5(6(7)8)3-2-4-12-13(9,10)11;1-2/h2-4H,1H3,(H,7,8)(H2,9,10,11);2H,1H3. The molecular weight excluding hydrogens is 227 g/mol. The second kappa shape index (κ2) is 8.19. The van der Waals surface area contributed by atoms with E-state index >= 15 is 0 Å². The van der Waals surface area contributed by atoms with Crippen LogP contribution in [0, 0.1) is 0 Å². The monoisotopic (exact) mass is 240 g/mol. The number of carboxylic acid groups (broad SMARTS) is 1. The molecule has 8 heteroatoms. The Bertz CT molecular complexity index is 288. The number of allylic oxidation sites excluding steroid dienone is 2. The second-order valence-electron chi connectivity index (χ2n) is 2.08. The zero-order valence-corrected chi connectivity index (χ0v) is 9.09. The predicted octanol–water partition coefficient (Wildman–Crippen LogP) is 0.249. The number of phosphoric acid groups is 1. The van der Waals surface area contributed by atoms with Gasteiger partial charge in [-0.1, -0.05) is 0 Å². The topological polar surface area (TPSA) is 124 Å². The largest absolute Gasteiger partial charge is 0.524 e. The number of aliphatic carboxylic acids is 1. The van der Waals surface area contributed by atoms with Crippen LogP contribution in [0.5, 0.6) is 0 Å². The Hall–Kier alpha value is -1.14. The molecule has 0 bridgehead atoms.